The Labute approximate surface area is 143 Å². The summed E-state index contributed by atoms with van der Waals surface area (Å²) < 4.78 is 1.96. The van der Waals surface area contributed by atoms with Gasteiger partial charge in [-0.3, -0.25) is 9.78 Å². The Balaban J connectivity index is 1.59. The summed E-state index contributed by atoms with van der Waals surface area (Å²) in [6.07, 6.45) is 4.78. The Hall–Kier alpha value is -2.66. The second kappa shape index (κ2) is 5.18. The highest BCUT2D eigenvalue weighted by Crippen LogP contribution is 2.42. The van der Waals surface area contributed by atoms with Gasteiger partial charge in [0, 0.05) is 40.9 Å². The Kier molecular flexibility index (Phi) is 2.97. The first-order chi connectivity index (χ1) is 11.8. The lowest BCUT2D eigenvalue weighted by Crippen LogP contribution is -2.01. The molecule has 4 aromatic rings. The molecule has 1 aliphatic rings. The van der Waals surface area contributed by atoms with E-state index in [0.717, 1.165) is 18.7 Å². The topological polar surface area (TPSA) is 46.5 Å². The number of aromatic amines is 1. The van der Waals surface area contributed by atoms with E-state index in [0.29, 0.717) is 0 Å². The van der Waals surface area contributed by atoms with Crippen LogP contribution in [0, 0.1) is 6.92 Å². The van der Waals surface area contributed by atoms with Crippen LogP contribution in [0.4, 0.5) is 0 Å². The third-order valence-electron chi connectivity index (χ3n) is 4.72. The van der Waals surface area contributed by atoms with Crippen molar-refractivity contribution in [3.05, 3.63) is 69.7 Å². The molecule has 0 bridgehead atoms. The van der Waals surface area contributed by atoms with Crippen LogP contribution >= 0.6 is 11.3 Å². The highest BCUT2D eigenvalue weighted by molar-refractivity contribution is 7.08. The maximum atomic E-state index is 4.58. The molecule has 24 heavy (non-hydrogen) atoms. The molecule has 0 aliphatic heterocycles. The minimum absolute atomic E-state index is 0.794. The number of H-pyrrole nitrogens is 1. The van der Waals surface area contributed by atoms with Gasteiger partial charge >= 0.3 is 0 Å². The lowest BCUT2D eigenvalue weighted by molar-refractivity contribution is 0.686. The first-order valence-corrected chi connectivity index (χ1v) is 8.94. The van der Waals surface area contributed by atoms with Crippen molar-refractivity contribution in [1.82, 2.24) is 20.0 Å². The zero-order valence-electron chi connectivity index (χ0n) is 13.3. The molecule has 118 valence electrons. The van der Waals surface area contributed by atoms with E-state index < -0.39 is 0 Å². The maximum Gasteiger partial charge on any atom is 0.0970 e. The summed E-state index contributed by atoms with van der Waals surface area (Å²) in [4.78, 5) is 0. The van der Waals surface area contributed by atoms with Crippen LogP contribution in [0.5, 0.6) is 0 Å². The minimum Gasteiger partial charge on any atom is -0.277 e. The standard InChI is InChI=1S/C19H16N4S/c1-12-7-13(10-23-5-2-4-20-23)8-16-15(12)9-17-18(21-22-19(16)17)14-3-6-24-11-14/h2-8,11H,9-10H2,1H3,(H,21,22). The molecule has 1 aromatic carbocycles. The SMILES string of the molecule is Cc1cc(Cn2cccn2)cc2c1Cc1c(-c3ccsc3)n[nH]c1-2. The molecular weight excluding hydrogens is 316 g/mol. The molecule has 1 aliphatic carbocycles. The molecule has 0 saturated carbocycles. The lowest BCUT2D eigenvalue weighted by atomic mass is 9.99. The van der Waals surface area contributed by atoms with Crippen LogP contribution in [0.2, 0.25) is 0 Å². The number of nitrogens with one attached hydrogen (secondary N) is 1. The summed E-state index contributed by atoms with van der Waals surface area (Å²) in [6, 6.07) is 8.66. The van der Waals surface area contributed by atoms with Crippen molar-refractivity contribution in [3.63, 3.8) is 0 Å². The number of aryl methyl sites for hydroxylation is 1. The molecule has 0 saturated heterocycles. The second-order valence-corrected chi connectivity index (χ2v) is 7.04. The van der Waals surface area contributed by atoms with Crippen molar-refractivity contribution in [3.8, 4) is 22.5 Å². The second-order valence-electron chi connectivity index (χ2n) is 6.26. The number of aromatic nitrogens is 4. The van der Waals surface area contributed by atoms with Crippen molar-refractivity contribution in [2.24, 2.45) is 0 Å². The first kappa shape index (κ1) is 13.7. The summed E-state index contributed by atoms with van der Waals surface area (Å²) in [6.45, 7) is 3.00. The number of hydrogen-bond acceptors (Lipinski definition) is 3. The molecule has 5 heteroatoms. The molecule has 1 N–H and O–H groups in total. The van der Waals surface area contributed by atoms with Gasteiger partial charge in [-0.1, -0.05) is 6.07 Å². The van der Waals surface area contributed by atoms with Crippen LogP contribution in [-0.4, -0.2) is 20.0 Å². The van der Waals surface area contributed by atoms with E-state index >= 15 is 0 Å². The smallest absolute Gasteiger partial charge is 0.0970 e. The van der Waals surface area contributed by atoms with Crippen LogP contribution < -0.4 is 0 Å². The number of thiophene rings is 1. The lowest BCUT2D eigenvalue weighted by Gasteiger charge is -2.09. The van der Waals surface area contributed by atoms with Gasteiger partial charge in [-0.05, 0) is 47.2 Å². The van der Waals surface area contributed by atoms with Gasteiger partial charge in [-0.25, -0.2) is 0 Å². The van der Waals surface area contributed by atoms with E-state index in [1.54, 1.807) is 11.3 Å². The Morgan fingerprint density at radius 1 is 1.29 bits per heavy atom. The number of fused-ring (bicyclic) bond motifs is 3. The molecule has 0 amide bonds. The largest absolute Gasteiger partial charge is 0.277 e. The van der Waals surface area contributed by atoms with Gasteiger partial charge in [-0.2, -0.15) is 21.5 Å². The average Bonchev–Trinajstić information content (AvgIpc) is 3.32. The molecule has 4 nitrogen and oxygen atoms in total. The van der Waals surface area contributed by atoms with E-state index in [-0.39, 0.29) is 0 Å². The predicted octanol–water partition coefficient (Wildman–Crippen LogP) is 4.26. The van der Waals surface area contributed by atoms with Gasteiger partial charge in [0.2, 0.25) is 0 Å². The van der Waals surface area contributed by atoms with Crippen molar-refractivity contribution in [2.75, 3.05) is 0 Å². The Morgan fingerprint density at radius 2 is 2.25 bits per heavy atom. The summed E-state index contributed by atoms with van der Waals surface area (Å²) in [5.41, 5.74) is 10.1. The fourth-order valence-corrected chi connectivity index (χ4v) is 4.24. The summed E-state index contributed by atoms with van der Waals surface area (Å²) in [5.74, 6) is 0. The molecule has 0 spiro atoms. The van der Waals surface area contributed by atoms with Crippen molar-refractivity contribution < 1.29 is 0 Å². The quantitative estimate of drug-likeness (QED) is 0.536. The monoisotopic (exact) mass is 332 g/mol. The zero-order chi connectivity index (χ0) is 16.1. The number of nitrogens with zero attached hydrogens (tertiary/aromatic N) is 3. The van der Waals surface area contributed by atoms with Gasteiger partial charge in [0.05, 0.1) is 17.9 Å². The number of hydrogen-bond donors (Lipinski definition) is 1. The van der Waals surface area contributed by atoms with Crippen LogP contribution in [0.1, 0.15) is 22.3 Å². The van der Waals surface area contributed by atoms with Crippen LogP contribution in [-0.2, 0) is 13.0 Å². The van der Waals surface area contributed by atoms with Gasteiger partial charge in [0.1, 0.15) is 0 Å². The van der Waals surface area contributed by atoms with E-state index in [1.165, 1.54) is 39.1 Å². The fourth-order valence-electron chi connectivity index (χ4n) is 3.60. The fraction of sp³-hybridized carbons (Fsp3) is 0.158. The molecule has 3 heterocycles. The van der Waals surface area contributed by atoms with Gasteiger partial charge in [-0.15, -0.1) is 0 Å². The summed E-state index contributed by atoms with van der Waals surface area (Å²) in [5, 5.41) is 16.4. The van der Waals surface area contributed by atoms with Crippen LogP contribution in [0.15, 0.2) is 47.4 Å². The van der Waals surface area contributed by atoms with Gasteiger partial charge in [0.25, 0.3) is 0 Å². The summed E-state index contributed by atoms with van der Waals surface area (Å²) >= 11 is 1.71. The third kappa shape index (κ3) is 2.05. The Morgan fingerprint density at radius 3 is 3.04 bits per heavy atom. The highest BCUT2D eigenvalue weighted by atomic mass is 32.1. The normalized spacial score (nSPS) is 12.4. The average molecular weight is 332 g/mol. The van der Waals surface area contributed by atoms with E-state index in [2.05, 4.69) is 51.2 Å². The molecule has 5 rings (SSSR count). The Bertz CT molecular complexity index is 1010. The van der Waals surface area contributed by atoms with E-state index in [9.17, 15) is 0 Å². The van der Waals surface area contributed by atoms with Crippen molar-refractivity contribution in [2.45, 2.75) is 19.9 Å². The molecular formula is C19H16N4S. The van der Waals surface area contributed by atoms with Gasteiger partial charge < -0.3 is 0 Å². The maximum absolute atomic E-state index is 4.58. The van der Waals surface area contributed by atoms with Crippen LogP contribution in [0.3, 0.4) is 0 Å². The van der Waals surface area contributed by atoms with Crippen LogP contribution in [0.25, 0.3) is 22.5 Å². The molecule has 0 unspecified atom stereocenters. The minimum atomic E-state index is 0.794. The molecule has 0 fully saturated rings. The third-order valence-corrected chi connectivity index (χ3v) is 5.40. The molecule has 3 aromatic heterocycles. The first-order valence-electron chi connectivity index (χ1n) is 7.99. The van der Waals surface area contributed by atoms with E-state index in [1.807, 2.05) is 23.1 Å². The predicted molar refractivity (Wildman–Crippen MR) is 96.2 cm³/mol. The summed E-state index contributed by atoms with van der Waals surface area (Å²) in [7, 11) is 0. The molecule has 0 radical (unpaired) electrons. The zero-order valence-corrected chi connectivity index (χ0v) is 14.1. The number of benzene rings is 1. The van der Waals surface area contributed by atoms with Crippen molar-refractivity contribution >= 4 is 11.3 Å². The van der Waals surface area contributed by atoms with E-state index in [4.69, 9.17) is 0 Å². The van der Waals surface area contributed by atoms with Crippen molar-refractivity contribution in [1.29, 1.82) is 0 Å². The molecule has 0 atom stereocenters. The highest BCUT2D eigenvalue weighted by Gasteiger charge is 2.26. The van der Waals surface area contributed by atoms with Gasteiger partial charge in [0.15, 0.2) is 0 Å². The number of rotatable bonds is 3.